The fourth-order valence-electron chi connectivity index (χ4n) is 4.05. The van der Waals surface area contributed by atoms with Crippen LogP contribution in [0.15, 0.2) is 36.7 Å². The third kappa shape index (κ3) is 3.34. The molecule has 8 heteroatoms. The first-order chi connectivity index (χ1) is 14.6. The highest BCUT2D eigenvalue weighted by atomic mass is 35.5. The van der Waals surface area contributed by atoms with Gasteiger partial charge >= 0.3 is 0 Å². The second-order valence-corrected chi connectivity index (χ2v) is 7.97. The Morgan fingerprint density at radius 2 is 2.00 bits per heavy atom. The number of benzene rings is 2. The predicted octanol–water partition coefficient (Wildman–Crippen LogP) is 3.98. The first-order valence-corrected chi connectivity index (χ1v) is 10.4. The molecular weight excluding hydrogens is 400 g/mol. The molecule has 7 nitrogen and oxygen atoms in total. The highest BCUT2D eigenvalue weighted by Crippen LogP contribution is 2.33. The number of imidazole rings is 1. The third-order valence-corrected chi connectivity index (χ3v) is 6.22. The van der Waals surface area contributed by atoms with E-state index < -0.39 is 0 Å². The number of anilines is 1. The summed E-state index contributed by atoms with van der Waals surface area (Å²) < 4.78 is 7.76. The number of halogens is 1. The van der Waals surface area contributed by atoms with Gasteiger partial charge < -0.3 is 19.2 Å². The number of hydrogen-bond donors (Lipinski definition) is 1. The molecule has 4 aromatic rings. The van der Waals surface area contributed by atoms with Crippen molar-refractivity contribution in [2.24, 2.45) is 0 Å². The van der Waals surface area contributed by atoms with Crippen molar-refractivity contribution in [1.29, 1.82) is 0 Å². The number of aryl methyl sites for hydroxylation is 2. The number of aromatic nitrogens is 5. The van der Waals surface area contributed by atoms with E-state index in [-0.39, 0.29) is 0 Å². The Balaban J connectivity index is 1.68. The van der Waals surface area contributed by atoms with Crippen LogP contribution in [0, 0.1) is 13.8 Å². The van der Waals surface area contributed by atoms with E-state index in [2.05, 4.69) is 42.8 Å². The molecule has 0 spiro atoms. The lowest BCUT2D eigenvalue weighted by molar-refractivity contribution is 0.122. The molecule has 1 aliphatic rings. The van der Waals surface area contributed by atoms with Crippen LogP contribution in [0.4, 0.5) is 5.69 Å². The van der Waals surface area contributed by atoms with Gasteiger partial charge in [-0.2, -0.15) is 0 Å². The summed E-state index contributed by atoms with van der Waals surface area (Å²) in [7, 11) is 0. The summed E-state index contributed by atoms with van der Waals surface area (Å²) in [6, 6.07) is 10.5. The predicted molar refractivity (Wildman–Crippen MR) is 118 cm³/mol. The number of hydrogen-bond acceptors (Lipinski definition) is 5. The minimum Gasteiger partial charge on any atom is -0.378 e. The maximum Gasteiger partial charge on any atom is 0.163 e. The lowest BCUT2D eigenvalue weighted by atomic mass is 10.1. The van der Waals surface area contributed by atoms with Gasteiger partial charge in [0.05, 0.1) is 30.8 Å². The lowest BCUT2D eigenvalue weighted by Crippen LogP contribution is -2.36. The van der Waals surface area contributed by atoms with Crippen LogP contribution >= 0.6 is 11.6 Å². The summed E-state index contributed by atoms with van der Waals surface area (Å²) in [5.41, 5.74) is 6.20. The number of nitrogens with one attached hydrogen (secondary N) is 1. The summed E-state index contributed by atoms with van der Waals surface area (Å²) in [6.45, 7) is 7.90. The fraction of sp³-hybridized carbons (Fsp3) is 0.318. The van der Waals surface area contributed by atoms with Crippen molar-refractivity contribution in [3.63, 3.8) is 0 Å². The van der Waals surface area contributed by atoms with Crippen LogP contribution in [-0.4, -0.2) is 51.0 Å². The van der Waals surface area contributed by atoms with Crippen LogP contribution in [0.2, 0.25) is 5.02 Å². The van der Waals surface area contributed by atoms with Gasteiger partial charge in [-0.15, -0.1) is 10.2 Å². The highest BCUT2D eigenvalue weighted by molar-refractivity contribution is 6.32. The molecule has 1 N–H and O–H groups in total. The van der Waals surface area contributed by atoms with Crippen LogP contribution in [0.5, 0.6) is 0 Å². The monoisotopic (exact) mass is 422 g/mol. The summed E-state index contributed by atoms with van der Waals surface area (Å²) in [6.07, 6.45) is 1.60. The summed E-state index contributed by atoms with van der Waals surface area (Å²) in [4.78, 5) is 10.4. The van der Waals surface area contributed by atoms with Crippen LogP contribution < -0.4 is 4.90 Å². The van der Waals surface area contributed by atoms with E-state index >= 15 is 0 Å². The topological polar surface area (TPSA) is 71.9 Å². The van der Waals surface area contributed by atoms with Crippen molar-refractivity contribution in [3.05, 3.63) is 58.6 Å². The van der Waals surface area contributed by atoms with E-state index in [4.69, 9.17) is 21.3 Å². The number of rotatable bonds is 4. The number of fused-ring (bicyclic) bond motifs is 1. The standard InChI is InChI=1S/C22H23ClN6O/c1-14-4-3-5-16(20(14)23)12-29-15(2)26-21-18(22-24-13-25-27-22)10-17(11-19(21)29)28-6-8-30-9-7-28/h3-5,10-11,13H,6-9,12H2,1-2H3,(H,24,25,27). The normalized spacial score (nSPS) is 14.6. The lowest BCUT2D eigenvalue weighted by Gasteiger charge is -2.29. The van der Waals surface area contributed by atoms with Gasteiger partial charge in [-0.1, -0.05) is 29.8 Å². The zero-order valence-electron chi connectivity index (χ0n) is 17.0. The first-order valence-electron chi connectivity index (χ1n) is 10.1. The minimum absolute atomic E-state index is 0.658. The number of nitrogens with zero attached hydrogens (tertiary/aromatic N) is 5. The average Bonchev–Trinajstić information content (AvgIpc) is 3.40. The van der Waals surface area contributed by atoms with Gasteiger partial charge in [0, 0.05) is 29.4 Å². The minimum atomic E-state index is 0.658. The Morgan fingerprint density at radius 1 is 1.17 bits per heavy atom. The van der Waals surface area contributed by atoms with Crippen molar-refractivity contribution < 1.29 is 4.74 Å². The Labute approximate surface area is 179 Å². The van der Waals surface area contributed by atoms with E-state index in [9.17, 15) is 0 Å². The molecular formula is C22H23ClN6O. The maximum atomic E-state index is 6.60. The number of ether oxygens (including phenoxy) is 1. The molecule has 154 valence electrons. The third-order valence-electron chi connectivity index (χ3n) is 5.68. The Bertz CT molecular complexity index is 1190. The second kappa shape index (κ2) is 7.74. The Kier molecular flexibility index (Phi) is 4.92. The zero-order chi connectivity index (χ0) is 20.7. The van der Waals surface area contributed by atoms with Gasteiger partial charge in [-0.3, -0.25) is 0 Å². The molecule has 0 unspecified atom stereocenters. The van der Waals surface area contributed by atoms with E-state index in [0.717, 1.165) is 70.6 Å². The molecule has 0 atom stereocenters. The second-order valence-electron chi connectivity index (χ2n) is 7.59. The van der Waals surface area contributed by atoms with Gasteiger partial charge in [-0.25, -0.2) is 4.98 Å². The molecule has 30 heavy (non-hydrogen) atoms. The Morgan fingerprint density at radius 3 is 2.77 bits per heavy atom. The van der Waals surface area contributed by atoms with Gasteiger partial charge in [0.2, 0.25) is 0 Å². The van der Waals surface area contributed by atoms with E-state index in [0.29, 0.717) is 12.4 Å². The van der Waals surface area contributed by atoms with Gasteiger partial charge in [0.15, 0.2) is 5.82 Å². The van der Waals surface area contributed by atoms with Crippen molar-refractivity contribution in [2.45, 2.75) is 20.4 Å². The summed E-state index contributed by atoms with van der Waals surface area (Å²) in [5.74, 6) is 1.65. The Hall–Kier alpha value is -2.90. The molecule has 0 bridgehead atoms. The molecule has 1 saturated heterocycles. The molecule has 5 rings (SSSR count). The van der Waals surface area contributed by atoms with Crippen molar-refractivity contribution in [2.75, 3.05) is 31.2 Å². The molecule has 2 aromatic carbocycles. The quantitative estimate of drug-likeness (QED) is 0.538. The van der Waals surface area contributed by atoms with Gasteiger partial charge in [0.1, 0.15) is 12.2 Å². The van der Waals surface area contributed by atoms with Crippen molar-refractivity contribution in [3.8, 4) is 11.4 Å². The number of morpholine rings is 1. The summed E-state index contributed by atoms with van der Waals surface area (Å²) in [5, 5.41) is 9.03. The molecule has 2 aromatic heterocycles. The van der Waals surface area contributed by atoms with E-state index in [1.807, 2.05) is 26.0 Å². The van der Waals surface area contributed by atoms with Crippen molar-refractivity contribution >= 4 is 28.3 Å². The highest BCUT2D eigenvalue weighted by Gasteiger charge is 2.20. The molecule has 0 aliphatic carbocycles. The SMILES string of the molecule is Cc1cccc(Cn2c(C)nc3c(-c4nnc[nH]4)cc(N4CCOCC4)cc32)c1Cl. The van der Waals surface area contributed by atoms with Crippen LogP contribution in [0.25, 0.3) is 22.4 Å². The fourth-order valence-corrected chi connectivity index (χ4v) is 4.23. The van der Waals surface area contributed by atoms with E-state index in [1.54, 1.807) is 6.33 Å². The largest absolute Gasteiger partial charge is 0.378 e. The van der Waals surface area contributed by atoms with Gasteiger partial charge in [-0.05, 0) is 37.1 Å². The van der Waals surface area contributed by atoms with Gasteiger partial charge in [0.25, 0.3) is 0 Å². The average molecular weight is 423 g/mol. The molecule has 1 fully saturated rings. The molecule has 3 heterocycles. The smallest absolute Gasteiger partial charge is 0.163 e. The van der Waals surface area contributed by atoms with Crippen molar-refractivity contribution in [1.82, 2.24) is 24.7 Å². The number of aromatic amines is 1. The van der Waals surface area contributed by atoms with E-state index in [1.165, 1.54) is 0 Å². The molecule has 0 radical (unpaired) electrons. The zero-order valence-corrected chi connectivity index (χ0v) is 17.8. The van der Waals surface area contributed by atoms with Crippen LogP contribution in [0.1, 0.15) is 17.0 Å². The van der Waals surface area contributed by atoms with Crippen LogP contribution in [0.3, 0.4) is 0 Å². The first kappa shape index (κ1) is 19.1. The molecule has 0 saturated carbocycles. The number of H-pyrrole nitrogens is 1. The molecule has 1 aliphatic heterocycles. The summed E-state index contributed by atoms with van der Waals surface area (Å²) >= 11 is 6.60. The molecule has 0 amide bonds. The van der Waals surface area contributed by atoms with Crippen LogP contribution in [-0.2, 0) is 11.3 Å². The maximum absolute atomic E-state index is 6.60.